The standard InChI is InChI=1S/C18H26N2O2/c21-18(19-16-8-6-13-4-3-5-15(13)16)17-9-7-14(22-17)12-20-10-1-2-11-20/h7,9,13,15-16H,1-6,8,10-12H2,(H,19,21)/t13-,15-,16-/m0/s1. The van der Waals surface area contributed by atoms with Gasteiger partial charge in [-0.2, -0.15) is 0 Å². The van der Waals surface area contributed by atoms with Crippen LogP contribution in [-0.2, 0) is 6.54 Å². The molecule has 0 spiro atoms. The average molecular weight is 302 g/mol. The minimum Gasteiger partial charge on any atom is -0.455 e. The molecule has 2 saturated carbocycles. The van der Waals surface area contributed by atoms with Gasteiger partial charge >= 0.3 is 0 Å². The molecule has 3 aliphatic rings. The van der Waals surface area contributed by atoms with E-state index < -0.39 is 0 Å². The molecule has 22 heavy (non-hydrogen) atoms. The molecule has 0 radical (unpaired) electrons. The van der Waals surface area contributed by atoms with Gasteiger partial charge in [0.05, 0.1) is 6.54 Å². The number of likely N-dealkylation sites (tertiary alicyclic amines) is 1. The lowest BCUT2D eigenvalue weighted by Gasteiger charge is -2.19. The van der Waals surface area contributed by atoms with Crippen LogP contribution in [0.5, 0.6) is 0 Å². The Kier molecular flexibility index (Phi) is 3.95. The minimum atomic E-state index is -0.0229. The van der Waals surface area contributed by atoms with E-state index >= 15 is 0 Å². The van der Waals surface area contributed by atoms with Crippen molar-refractivity contribution in [2.45, 2.75) is 57.5 Å². The highest BCUT2D eigenvalue weighted by Crippen LogP contribution is 2.44. The minimum absolute atomic E-state index is 0.0229. The molecule has 3 fully saturated rings. The molecule has 1 aromatic rings. The van der Waals surface area contributed by atoms with E-state index in [0.717, 1.165) is 37.7 Å². The van der Waals surface area contributed by atoms with Crippen LogP contribution in [0.3, 0.4) is 0 Å². The predicted molar refractivity (Wildman–Crippen MR) is 84.5 cm³/mol. The van der Waals surface area contributed by atoms with Gasteiger partial charge in [-0.25, -0.2) is 0 Å². The first-order chi connectivity index (χ1) is 10.8. The van der Waals surface area contributed by atoms with Gasteiger partial charge in [0.25, 0.3) is 5.91 Å². The fourth-order valence-electron chi connectivity index (χ4n) is 4.73. The molecule has 4 rings (SSSR count). The number of fused-ring (bicyclic) bond motifs is 1. The Morgan fingerprint density at radius 1 is 1.14 bits per heavy atom. The molecule has 0 aromatic carbocycles. The molecule has 1 amide bonds. The van der Waals surface area contributed by atoms with Crippen molar-refractivity contribution in [1.82, 2.24) is 10.2 Å². The molecule has 1 N–H and O–H groups in total. The molecule has 4 heteroatoms. The second-order valence-electron chi connectivity index (χ2n) is 7.26. The molecule has 0 unspecified atom stereocenters. The van der Waals surface area contributed by atoms with Gasteiger partial charge in [-0.15, -0.1) is 0 Å². The van der Waals surface area contributed by atoms with E-state index in [1.807, 2.05) is 12.1 Å². The van der Waals surface area contributed by atoms with Gasteiger partial charge in [0.1, 0.15) is 5.76 Å². The maximum atomic E-state index is 12.4. The lowest BCUT2D eigenvalue weighted by atomic mass is 9.97. The van der Waals surface area contributed by atoms with E-state index in [1.54, 1.807) is 0 Å². The van der Waals surface area contributed by atoms with Gasteiger partial charge in [-0.05, 0) is 69.2 Å². The Morgan fingerprint density at radius 3 is 2.86 bits per heavy atom. The summed E-state index contributed by atoms with van der Waals surface area (Å²) >= 11 is 0. The Morgan fingerprint density at radius 2 is 2.00 bits per heavy atom. The lowest BCUT2D eigenvalue weighted by Crippen LogP contribution is -2.37. The highest BCUT2D eigenvalue weighted by Gasteiger charge is 2.39. The number of hydrogen-bond acceptors (Lipinski definition) is 3. The van der Waals surface area contributed by atoms with E-state index in [2.05, 4.69) is 10.2 Å². The predicted octanol–water partition coefficient (Wildman–Crippen LogP) is 3.18. The molecule has 120 valence electrons. The van der Waals surface area contributed by atoms with Gasteiger partial charge in [0, 0.05) is 6.04 Å². The van der Waals surface area contributed by atoms with E-state index in [9.17, 15) is 4.79 Å². The normalized spacial score (nSPS) is 31.5. The van der Waals surface area contributed by atoms with E-state index in [1.165, 1.54) is 38.5 Å². The highest BCUT2D eigenvalue weighted by atomic mass is 16.4. The molecule has 1 saturated heterocycles. The summed E-state index contributed by atoms with van der Waals surface area (Å²) in [5.74, 6) is 2.94. The Labute approximate surface area is 132 Å². The monoisotopic (exact) mass is 302 g/mol. The molecule has 4 nitrogen and oxygen atoms in total. The molecule has 1 aromatic heterocycles. The topological polar surface area (TPSA) is 45.5 Å². The molecule has 2 aliphatic carbocycles. The number of furan rings is 1. The van der Waals surface area contributed by atoms with Crippen LogP contribution >= 0.6 is 0 Å². The molecule has 3 atom stereocenters. The van der Waals surface area contributed by atoms with Gasteiger partial charge in [-0.3, -0.25) is 9.69 Å². The van der Waals surface area contributed by atoms with Crippen molar-refractivity contribution in [3.63, 3.8) is 0 Å². The molecule has 0 bridgehead atoms. The lowest BCUT2D eigenvalue weighted by molar-refractivity contribution is 0.0894. The molecule has 2 heterocycles. The smallest absolute Gasteiger partial charge is 0.287 e. The van der Waals surface area contributed by atoms with Crippen LogP contribution in [0.2, 0.25) is 0 Å². The molecular formula is C18H26N2O2. The highest BCUT2D eigenvalue weighted by molar-refractivity contribution is 5.91. The third-order valence-electron chi connectivity index (χ3n) is 5.86. The Hall–Kier alpha value is -1.29. The Balaban J connectivity index is 1.35. The third-order valence-corrected chi connectivity index (χ3v) is 5.86. The quantitative estimate of drug-likeness (QED) is 0.929. The number of amides is 1. The van der Waals surface area contributed by atoms with Crippen molar-refractivity contribution >= 4 is 5.91 Å². The zero-order chi connectivity index (χ0) is 14.9. The number of nitrogens with zero attached hydrogens (tertiary/aromatic N) is 1. The number of nitrogens with one attached hydrogen (secondary N) is 1. The van der Waals surface area contributed by atoms with Crippen molar-refractivity contribution in [2.24, 2.45) is 11.8 Å². The summed E-state index contributed by atoms with van der Waals surface area (Å²) in [4.78, 5) is 14.8. The second kappa shape index (κ2) is 6.07. The molecule has 1 aliphatic heterocycles. The first-order valence-corrected chi connectivity index (χ1v) is 8.91. The Bertz CT molecular complexity index is 533. The van der Waals surface area contributed by atoms with Gasteiger partial charge in [0.2, 0.25) is 0 Å². The van der Waals surface area contributed by atoms with Gasteiger partial charge in [-0.1, -0.05) is 12.8 Å². The summed E-state index contributed by atoms with van der Waals surface area (Å²) in [7, 11) is 0. The summed E-state index contributed by atoms with van der Waals surface area (Å²) in [5.41, 5.74) is 0. The summed E-state index contributed by atoms with van der Waals surface area (Å²) < 4.78 is 5.78. The van der Waals surface area contributed by atoms with Crippen LogP contribution in [0.4, 0.5) is 0 Å². The second-order valence-corrected chi connectivity index (χ2v) is 7.26. The van der Waals surface area contributed by atoms with E-state index in [4.69, 9.17) is 4.42 Å². The number of carbonyl (C=O) groups excluding carboxylic acids is 1. The average Bonchev–Trinajstić information content (AvgIpc) is 3.24. The maximum absolute atomic E-state index is 12.4. The molecular weight excluding hydrogens is 276 g/mol. The third kappa shape index (κ3) is 2.81. The van der Waals surface area contributed by atoms with Crippen LogP contribution in [0.1, 0.15) is 61.3 Å². The van der Waals surface area contributed by atoms with Crippen molar-refractivity contribution in [1.29, 1.82) is 0 Å². The number of rotatable bonds is 4. The van der Waals surface area contributed by atoms with Crippen LogP contribution < -0.4 is 5.32 Å². The summed E-state index contributed by atoms with van der Waals surface area (Å²) in [6, 6.07) is 4.16. The zero-order valence-electron chi connectivity index (χ0n) is 13.2. The van der Waals surface area contributed by atoms with Crippen LogP contribution in [0, 0.1) is 11.8 Å². The summed E-state index contributed by atoms with van der Waals surface area (Å²) in [6.07, 6.45) is 8.96. The van der Waals surface area contributed by atoms with Crippen molar-refractivity contribution < 1.29 is 9.21 Å². The van der Waals surface area contributed by atoms with Gasteiger partial charge < -0.3 is 9.73 Å². The first-order valence-electron chi connectivity index (χ1n) is 8.91. The van der Waals surface area contributed by atoms with Crippen LogP contribution in [0.15, 0.2) is 16.5 Å². The SMILES string of the molecule is O=C(N[C@H]1CC[C@@H]2CCC[C@@H]21)c1ccc(CN2CCCC2)o1. The first kappa shape index (κ1) is 14.3. The largest absolute Gasteiger partial charge is 0.455 e. The van der Waals surface area contributed by atoms with E-state index in [0.29, 0.717) is 17.7 Å². The van der Waals surface area contributed by atoms with Crippen LogP contribution in [0.25, 0.3) is 0 Å². The fraction of sp³-hybridized carbons (Fsp3) is 0.722. The fourth-order valence-corrected chi connectivity index (χ4v) is 4.73. The van der Waals surface area contributed by atoms with Crippen molar-refractivity contribution in [3.8, 4) is 0 Å². The number of hydrogen-bond donors (Lipinski definition) is 1. The summed E-state index contributed by atoms with van der Waals surface area (Å²) in [6.45, 7) is 3.13. The maximum Gasteiger partial charge on any atom is 0.287 e. The zero-order valence-corrected chi connectivity index (χ0v) is 13.2. The summed E-state index contributed by atoms with van der Waals surface area (Å²) in [5, 5.41) is 3.23. The van der Waals surface area contributed by atoms with Crippen molar-refractivity contribution in [2.75, 3.05) is 13.1 Å². The van der Waals surface area contributed by atoms with Crippen LogP contribution in [-0.4, -0.2) is 29.9 Å². The van der Waals surface area contributed by atoms with Crippen molar-refractivity contribution in [3.05, 3.63) is 23.7 Å². The number of carbonyl (C=O) groups is 1. The van der Waals surface area contributed by atoms with E-state index in [-0.39, 0.29) is 5.91 Å². The van der Waals surface area contributed by atoms with Gasteiger partial charge in [0.15, 0.2) is 5.76 Å².